The lowest BCUT2D eigenvalue weighted by molar-refractivity contribution is -0.137. The van der Waals surface area contributed by atoms with Crippen LogP contribution in [0, 0.1) is 5.92 Å². The molecular weight excluding hydrogens is 478 g/mol. The van der Waals surface area contributed by atoms with E-state index in [9.17, 15) is 18.0 Å². The first-order chi connectivity index (χ1) is 15.6. The highest BCUT2D eigenvalue weighted by molar-refractivity contribution is 6.39. The minimum absolute atomic E-state index is 0.0980. The Morgan fingerprint density at radius 1 is 1.18 bits per heavy atom. The van der Waals surface area contributed by atoms with Crippen LogP contribution in [-0.4, -0.2) is 46.6 Å². The Morgan fingerprint density at radius 3 is 2.30 bits per heavy atom. The molecule has 2 unspecified atom stereocenters. The van der Waals surface area contributed by atoms with Crippen LogP contribution in [0.4, 0.5) is 13.2 Å². The summed E-state index contributed by atoms with van der Waals surface area (Å²) in [5.41, 5.74) is 0.139. The molecule has 0 spiro atoms. The number of pyridine rings is 1. The van der Waals surface area contributed by atoms with Gasteiger partial charge >= 0.3 is 6.18 Å². The second-order valence-corrected chi connectivity index (χ2v) is 9.16. The molecule has 33 heavy (non-hydrogen) atoms. The van der Waals surface area contributed by atoms with E-state index in [1.54, 1.807) is 0 Å². The quantitative estimate of drug-likeness (QED) is 0.533. The van der Waals surface area contributed by atoms with E-state index >= 15 is 0 Å². The van der Waals surface area contributed by atoms with Crippen LogP contribution in [0.2, 0.25) is 10.0 Å². The number of rotatable bonds is 7. The Bertz CT molecular complexity index is 929. The summed E-state index contributed by atoms with van der Waals surface area (Å²) in [7, 11) is 0. The van der Waals surface area contributed by atoms with E-state index in [4.69, 9.17) is 28.3 Å². The first-order valence-corrected chi connectivity index (χ1v) is 11.5. The highest BCUT2D eigenvalue weighted by Crippen LogP contribution is 2.34. The number of carbonyl (C=O) groups excluding carboxylic acids is 1. The number of halogens is 5. The Labute approximate surface area is 200 Å². The minimum Gasteiger partial charge on any atom is -0.439 e. The molecule has 0 bridgehead atoms. The van der Waals surface area contributed by atoms with Crippen LogP contribution >= 0.6 is 23.2 Å². The average molecular weight is 505 g/mol. The highest BCUT2D eigenvalue weighted by atomic mass is 35.5. The number of nitrogens with zero attached hydrogens (tertiary/aromatic N) is 2. The fraction of sp³-hybridized carbons (Fsp3) is 0.478. The van der Waals surface area contributed by atoms with Crippen molar-refractivity contribution in [3.05, 3.63) is 63.4 Å². The number of hydrogen-bond donors (Lipinski definition) is 1. The van der Waals surface area contributed by atoms with Gasteiger partial charge in [0.2, 0.25) is 0 Å². The number of nitrogens with one attached hydrogen (secondary N) is 1. The summed E-state index contributed by atoms with van der Waals surface area (Å²) in [5.74, 6) is -0.243. The lowest BCUT2D eigenvalue weighted by atomic mass is 9.86. The van der Waals surface area contributed by atoms with Gasteiger partial charge in [-0.25, -0.2) is 0 Å². The Kier molecular flexibility index (Phi) is 8.61. The molecule has 1 saturated heterocycles. The van der Waals surface area contributed by atoms with Crippen LogP contribution in [0.1, 0.15) is 53.8 Å². The Hall–Kier alpha value is -1.87. The van der Waals surface area contributed by atoms with Crippen molar-refractivity contribution in [1.82, 2.24) is 15.2 Å². The summed E-state index contributed by atoms with van der Waals surface area (Å²) >= 11 is 12.0. The first-order valence-electron chi connectivity index (χ1n) is 10.8. The predicted octanol–water partition coefficient (Wildman–Crippen LogP) is 5.09. The summed E-state index contributed by atoms with van der Waals surface area (Å²) in [6.07, 6.45) is 0.174. The summed E-state index contributed by atoms with van der Waals surface area (Å²) in [6.45, 7) is 4.16. The Morgan fingerprint density at radius 2 is 1.76 bits per heavy atom. The molecule has 0 aliphatic carbocycles. The molecule has 3 N–H and O–H groups in total. The maximum atomic E-state index is 12.8. The van der Waals surface area contributed by atoms with Gasteiger partial charge in [0.1, 0.15) is 0 Å². The van der Waals surface area contributed by atoms with E-state index in [0.29, 0.717) is 12.1 Å². The number of piperidine rings is 1. The van der Waals surface area contributed by atoms with Crippen molar-refractivity contribution < 1.29 is 23.1 Å². The normalized spacial score (nSPS) is 17.5. The van der Waals surface area contributed by atoms with Gasteiger partial charge in [-0.05, 0) is 51.4 Å². The van der Waals surface area contributed by atoms with Crippen LogP contribution in [0.15, 0.2) is 36.7 Å². The second kappa shape index (κ2) is 11.0. The molecule has 1 aliphatic rings. The fourth-order valence-corrected chi connectivity index (χ4v) is 4.68. The maximum absolute atomic E-state index is 12.8. The molecule has 0 radical (unpaired) electrons. The van der Waals surface area contributed by atoms with Gasteiger partial charge in [0.15, 0.2) is 6.10 Å². The van der Waals surface area contributed by atoms with Crippen molar-refractivity contribution in [3.8, 4) is 0 Å². The van der Waals surface area contributed by atoms with Gasteiger partial charge in [-0.1, -0.05) is 35.3 Å². The molecule has 180 valence electrons. The van der Waals surface area contributed by atoms with Gasteiger partial charge in [0.05, 0.1) is 21.2 Å². The van der Waals surface area contributed by atoms with Gasteiger partial charge in [-0.3, -0.25) is 9.78 Å². The van der Waals surface area contributed by atoms with Crippen LogP contribution in [0.3, 0.4) is 0 Å². The molecule has 1 fully saturated rings. The van der Waals surface area contributed by atoms with Crippen LogP contribution < -0.4 is 5.32 Å². The standard InChI is InChI=1S/C23H26Cl2F3N3O2/c1-14(6-9-30-22(33)20-18(24)12-29-13-19(20)25)31-10-7-16(8-11-31)21(32)15-2-4-17(5-3-15)23(26,27)28/h2-5,12-14,16,21,32H,6-11H2,1H3,(H,30,33)/p+1. The van der Waals surface area contributed by atoms with Crippen LogP contribution in [0.5, 0.6) is 0 Å². The lowest BCUT2D eigenvalue weighted by Crippen LogP contribution is -2.42. The van der Waals surface area contributed by atoms with Crippen molar-refractivity contribution in [2.45, 2.75) is 44.5 Å². The van der Waals surface area contributed by atoms with Crippen molar-refractivity contribution in [2.24, 2.45) is 5.92 Å². The van der Waals surface area contributed by atoms with Gasteiger partial charge in [-0.2, -0.15) is 13.2 Å². The largest absolute Gasteiger partial charge is 0.439 e. The summed E-state index contributed by atoms with van der Waals surface area (Å²) in [5, 5.41) is 11.8. The molecule has 1 aromatic heterocycles. The fourth-order valence-electron chi connectivity index (χ4n) is 4.14. The Balaban J connectivity index is 1.45. The molecule has 10 heteroatoms. The summed E-state index contributed by atoms with van der Waals surface area (Å²) < 4.78 is 38.3. The van der Waals surface area contributed by atoms with Crippen molar-refractivity contribution >= 4 is 29.1 Å². The number of likely N-dealkylation sites (tertiary alicyclic amines) is 1. The predicted molar refractivity (Wildman–Crippen MR) is 123 cm³/mol. The topological polar surface area (TPSA) is 68.1 Å². The maximum Gasteiger partial charge on any atom is 0.416 e. The van der Waals surface area contributed by atoms with E-state index in [2.05, 4.69) is 22.1 Å². The molecule has 2 aromatic rings. The number of hydrogen-bond acceptors (Lipinski definition) is 3. The summed E-state index contributed by atoms with van der Waals surface area (Å²) in [6, 6.07) is 5.16. The van der Waals surface area contributed by atoms with E-state index in [1.165, 1.54) is 24.5 Å². The van der Waals surface area contributed by atoms with Crippen molar-refractivity contribution in [2.75, 3.05) is 19.6 Å². The van der Waals surface area contributed by atoms with E-state index in [0.717, 1.165) is 44.5 Å². The molecule has 1 aliphatic heterocycles. The molecule has 0 saturated carbocycles. The molecule has 1 amide bonds. The second-order valence-electron chi connectivity index (χ2n) is 8.34. The molecule has 2 atom stereocenters. The number of benzene rings is 1. The third-order valence-corrected chi connectivity index (χ3v) is 6.77. The third kappa shape index (κ3) is 6.59. The van der Waals surface area contributed by atoms with E-state index < -0.39 is 17.8 Å². The van der Waals surface area contributed by atoms with Crippen molar-refractivity contribution in [3.63, 3.8) is 0 Å². The minimum atomic E-state index is -4.37. The van der Waals surface area contributed by atoms with Crippen molar-refractivity contribution in [1.29, 1.82) is 0 Å². The zero-order valence-electron chi connectivity index (χ0n) is 18.1. The number of amides is 1. The van der Waals surface area contributed by atoms with E-state index in [-0.39, 0.29) is 33.5 Å². The lowest BCUT2D eigenvalue weighted by Gasteiger charge is -2.36. The van der Waals surface area contributed by atoms with E-state index in [1.807, 2.05) is 0 Å². The molecular formula is C23H27Cl2F3N3O2+. The summed E-state index contributed by atoms with van der Waals surface area (Å²) in [4.78, 5) is 18.5. The average Bonchev–Trinajstić information content (AvgIpc) is 2.78. The first kappa shape index (κ1) is 25.7. The molecule has 2 heterocycles. The molecule has 3 rings (SSSR count). The number of carbonyl (C=O) groups is 1. The van der Waals surface area contributed by atoms with Crippen LogP contribution in [-0.2, 0) is 6.18 Å². The van der Waals surface area contributed by atoms with Gasteiger partial charge in [0, 0.05) is 36.5 Å². The smallest absolute Gasteiger partial charge is 0.416 e. The third-order valence-electron chi connectivity index (χ3n) is 6.19. The number of aromatic nitrogens is 1. The zero-order chi connectivity index (χ0) is 24.2. The van der Waals surface area contributed by atoms with Gasteiger partial charge in [-0.15, -0.1) is 0 Å². The number of alkyl halides is 3. The van der Waals surface area contributed by atoms with Gasteiger partial charge < -0.3 is 15.3 Å². The SMILES string of the molecule is CC(CCNC(=O)c1c(Cl)cncc1Cl)N1CCC(C([OH2+])c2ccc(C(F)(F)F)cc2)CC1. The molecule has 1 aromatic carbocycles. The monoisotopic (exact) mass is 504 g/mol. The highest BCUT2D eigenvalue weighted by Gasteiger charge is 2.33. The van der Waals surface area contributed by atoms with Crippen LogP contribution in [0.25, 0.3) is 0 Å². The zero-order valence-corrected chi connectivity index (χ0v) is 19.6. The van der Waals surface area contributed by atoms with Gasteiger partial charge in [0.25, 0.3) is 5.91 Å². The molecule has 5 nitrogen and oxygen atoms in total.